The SMILES string of the molecule is CS(=O)(=O)Cc1ccc(C(=O)NCCc2ccc3ccccc3c2)cc1. The van der Waals surface area contributed by atoms with Crippen molar-refractivity contribution in [3.63, 3.8) is 0 Å². The lowest BCUT2D eigenvalue weighted by Gasteiger charge is -2.07. The Bertz CT molecular complexity index is 1020. The number of benzene rings is 3. The predicted molar refractivity (Wildman–Crippen MR) is 105 cm³/mol. The molecular weight excluding hydrogens is 346 g/mol. The zero-order valence-electron chi connectivity index (χ0n) is 14.6. The molecule has 0 saturated heterocycles. The molecular formula is C21H21NO3S. The minimum absolute atomic E-state index is 0.0170. The van der Waals surface area contributed by atoms with E-state index in [0.29, 0.717) is 17.7 Å². The maximum Gasteiger partial charge on any atom is 0.251 e. The molecule has 0 aliphatic rings. The topological polar surface area (TPSA) is 63.2 Å². The summed E-state index contributed by atoms with van der Waals surface area (Å²) in [5.74, 6) is -0.173. The van der Waals surface area contributed by atoms with Crippen LogP contribution >= 0.6 is 0 Å². The summed E-state index contributed by atoms with van der Waals surface area (Å²) in [5, 5.41) is 5.30. The molecule has 4 nitrogen and oxygen atoms in total. The van der Waals surface area contributed by atoms with Gasteiger partial charge in [0.15, 0.2) is 9.84 Å². The zero-order chi connectivity index (χ0) is 18.6. The molecule has 3 aromatic rings. The molecule has 26 heavy (non-hydrogen) atoms. The van der Waals surface area contributed by atoms with Gasteiger partial charge in [0, 0.05) is 18.4 Å². The fraction of sp³-hybridized carbons (Fsp3) is 0.190. The van der Waals surface area contributed by atoms with Crippen LogP contribution in [0.2, 0.25) is 0 Å². The number of carbonyl (C=O) groups excluding carboxylic acids is 1. The van der Waals surface area contributed by atoms with Crippen LogP contribution in [0.5, 0.6) is 0 Å². The number of sulfone groups is 1. The lowest BCUT2D eigenvalue weighted by atomic mass is 10.1. The van der Waals surface area contributed by atoms with E-state index >= 15 is 0 Å². The van der Waals surface area contributed by atoms with E-state index in [-0.39, 0.29) is 11.7 Å². The molecule has 0 atom stereocenters. The molecule has 0 spiro atoms. The Morgan fingerprint density at radius 1 is 0.885 bits per heavy atom. The molecule has 3 rings (SSSR count). The van der Waals surface area contributed by atoms with E-state index < -0.39 is 9.84 Å². The van der Waals surface area contributed by atoms with Gasteiger partial charge in [0.2, 0.25) is 0 Å². The fourth-order valence-electron chi connectivity index (χ4n) is 2.87. The second-order valence-corrected chi connectivity index (χ2v) is 8.59. The van der Waals surface area contributed by atoms with Crippen molar-refractivity contribution in [1.29, 1.82) is 0 Å². The van der Waals surface area contributed by atoms with Gasteiger partial charge in [-0.2, -0.15) is 0 Å². The van der Waals surface area contributed by atoms with Crippen molar-refractivity contribution in [3.05, 3.63) is 83.4 Å². The Balaban J connectivity index is 1.56. The summed E-state index contributed by atoms with van der Waals surface area (Å²) in [7, 11) is -3.07. The third-order valence-electron chi connectivity index (χ3n) is 4.16. The summed E-state index contributed by atoms with van der Waals surface area (Å²) in [6.45, 7) is 0.544. The fourth-order valence-corrected chi connectivity index (χ4v) is 3.67. The normalized spacial score (nSPS) is 11.4. The molecule has 0 heterocycles. The molecule has 3 aromatic carbocycles. The molecule has 0 saturated carbocycles. The van der Waals surface area contributed by atoms with Gasteiger partial charge in [-0.1, -0.05) is 54.6 Å². The van der Waals surface area contributed by atoms with Crippen molar-refractivity contribution in [2.24, 2.45) is 0 Å². The average molecular weight is 367 g/mol. The summed E-state index contributed by atoms with van der Waals surface area (Å²) in [6.07, 6.45) is 1.95. The number of amides is 1. The quantitative estimate of drug-likeness (QED) is 0.727. The van der Waals surface area contributed by atoms with E-state index in [0.717, 1.165) is 6.42 Å². The molecule has 0 unspecified atom stereocenters. The van der Waals surface area contributed by atoms with Crippen LogP contribution in [0.1, 0.15) is 21.5 Å². The van der Waals surface area contributed by atoms with Gasteiger partial charge in [0.25, 0.3) is 5.91 Å². The summed E-state index contributed by atoms with van der Waals surface area (Å²) in [4.78, 5) is 12.2. The van der Waals surface area contributed by atoms with Crippen LogP contribution in [-0.4, -0.2) is 27.1 Å². The number of hydrogen-bond donors (Lipinski definition) is 1. The third kappa shape index (κ3) is 4.92. The minimum Gasteiger partial charge on any atom is -0.352 e. The third-order valence-corrected chi connectivity index (χ3v) is 5.02. The minimum atomic E-state index is -3.07. The molecule has 5 heteroatoms. The van der Waals surface area contributed by atoms with Crippen LogP contribution in [0.4, 0.5) is 0 Å². The van der Waals surface area contributed by atoms with Gasteiger partial charge in [-0.15, -0.1) is 0 Å². The highest BCUT2D eigenvalue weighted by Gasteiger charge is 2.08. The highest BCUT2D eigenvalue weighted by Crippen LogP contribution is 2.15. The number of fused-ring (bicyclic) bond motifs is 1. The van der Waals surface area contributed by atoms with Crippen LogP contribution in [-0.2, 0) is 22.0 Å². The van der Waals surface area contributed by atoms with E-state index in [1.807, 2.05) is 12.1 Å². The van der Waals surface area contributed by atoms with Crippen molar-refractivity contribution < 1.29 is 13.2 Å². The lowest BCUT2D eigenvalue weighted by molar-refractivity contribution is 0.0954. The smallest absolute Gasteiger partial charge is 0.251 e. The number of rotatable bonds is 6. The molecule has 0 fully saturated rings. The van der Waals surface area contributed by atoms with Crippen molar-refractivity contribution >= 4 is 26.5 Å². The van der Waals surface area contributed by atoms with Crippen molar-refractivity contribution in [1.82, 2.24) is 5.32 Å². The van der Waals surface area contributed by atoms with Gasteiger partial charge in [0.1, 0.15) is 0 Å². The Kier molecular flexibility index (Phi) is 5.38. The molecule has 134 valence electrons. The van der Waals surface area contributed by atoms with Crippen LogP contribution in [0.3, 0.4) is 0 Å². The molecule has 0 bridgehead atoms. The van der Waals surface area contributed by atoms with Gasteiger partial charge in [-0.05, 0) is 40.5 Å². The maximum absolute atomic E-state index is 12.2. The first kappa shape index (κ1) is 18.1. The first-order chi connectivity index (χ1) is 12.4. The Hall–Kier alpha value is -2.66. The van der Waals surface area contributed by atoms with Crippen LogP contribution in [0.25, 0.3) is 10.8 Å². The number of carbonyl (C=O) groups is 1. The Morgan fingerprint density at radius 2 is 1.54 bits per heavy atom. The standard InChI is InChI=1S/C21H21NO3S/c1-26(24,25)15-17-7-10-19(11-8-17)21(23)22-13-12-16-6-9-18-4-2-3-5-20(18)14-16/h2-11,14H,12-13,15H2,1H3,(H,22,23). The first-order valence-corrected chi connectivity index (χ1v) is 10.5. The van der Waals surface area contributed by atoms with E-state index in [1.54, 1.807) is 24.3 Å². The van der Waals surface area contributed by atoms with E-state index in [2.05, 4.69) is 35.6 Å². The molecule has 0 aromatic heterocycles. The van der Waals surface area contributed by atoms with Gasteiger partial charge in [-0.3, -0.25) is 4.79 Å². The first-order valence-electron chi connectivity index (χ1n) is 8.43. The second-order valence-electron chi connectivity index (χ2n) is 6.45. The van der Waals surface area contributed by atoms with Gasteiger partial charge < -0.3 is 5.32 Å². The van der Waals surface area contributed by atoms with Crippen molar-refractivity contribution in [3.8, 4) is 0 Å². The van der Waals surface area contributed by atoms with E-state index in [1.165, 1.54) is 22.6 Å². The Morgan fingerprint density at radius 3 is 2.23 bits per heavy atom. The van der Waals surface area contributed by atoms with Crippen molar-refractivity contribution in [2.75, 3.05) is 12.8 Å². The monoisotopic (exact) mass is 367 g/mol. The molecule has 0 aliphatic carbocycles. The predicted octanol–water partition coefficient (Wildman–Crippen LogP) is 3.36. The van der Waals surface area contributed by atoms with E-state index in [9.17, 15) is 13.2 Å². The summed E-state index contributed by atoms with van der Waals surface area (Å²) >= 11 is 0. The van der Waals surface area contributed by atoms with Gasteiger partial charge >= 0.3 is 0 Å². The summed E-state index contributed by atoms with van der Waals surface area (Å²) in [5.41, 5.74) is 2.38. The molecule has 1 N–H and O–H groups in total. The second kappa shape index (κ2) is 7.70. The zero-order valence-corrected chi connectivity index (χ0v) is 15.4. The van der Waals surface area contributed by atoms with Crippen LogP contribution < -0.4 is 5.32 Å². The van der Waals surface area contributed by atoms with Crippen LogP contribution in [0.15, 0.2) is 66.7 Å². The number of nitrogens with one attached hydrogen (secondary N) is 1. The van der Waals surface area contributed by atoms with E-state index in [4.69, 9.17) is 0 Å². The van der Waals surface area contributed by atoms with Gasteiger partial charge in [-0.25, -0.2) is 8.42 Å². The highest BCUT2D eigenvalue weighted by atomic mass is 32.2. The number of hydrogen-bond acceptors (Lipinski definition) is 3. The summed E-state index contributed by atoms with van der Waals surface area (Å²) in [6, 6.07) is 21.2. The van der Waals surface area contributed by atoms with Gasteiger partial charge in [0.05, 0.1) is 5.75 Å². The molecule has 0 aliphatic heterocycles. The molecule has 1 amide bonds. The highest BCUT2D eigenvalue weighted by molar-refractivity contribution is 7.89. The lowest BCUT2D eigenvalue weighted by Crippen LogP contribution is -2.25. The largest absolute Gasteiger partial charge is 0.352 e. The average Bonchev–Trinajstić information content (AvgIpc) is 2.61. The Labute approximate surface area is 153 Å². The van der Waals surface area contributed by atoms with Crippen molar-refractivity contribution in [2.45, 2.75) is 12.2 Å². The maximum atomic E-state index is 12.2. The summed E-state index contributed by atoms with van der Waals surface area (Å²) < 4.78 is 22.6. The van der Waals surface area contributed by atoms with Crippen LogP contribution in [0, 0.1) is 0 Å². The molecule has 0 radical (unpaired) electrons.